The van der Waals surface area contributed by atoms with Crippen LogP contribution in [-0.4, -0.2) is 96.7 Å². The molecule has 87 heavy (non-hydrogen) atoms. The molecule has 0 aliphatic heterocycles. The first-order chi connectivity index (χ1) is 42.1. The van der Waals surface area contributed by atoms with Crippen LogP contribution in [0.3, 0.4) is 0 Å². The number of phosphoric ester groups is 2. The quantitative estimate of drug-likeness (QED) is 0.0222. The predicted molar refractivity (Wildman–Crippen MR) is 349 cm³/mol. The van der Waals surface area contributed by atoms with E-state index in [0.717, 1.165) is 115 Å². The van der Waals surface area contributed by atoms with Crippen molar-refractivity contribution in [3.63, 3.8) is 0 Å². The number of hydrogen-bond donors (Lipinski definition) is 3. The van der Waals surface area contributed by atoms with Gasteiger partial charge in [0.25, 0.3) is 0 Å². The molecule has 0 heterocycles. The fourth-order valence-corrected chi connectivity index (χ4v) is 11.8. The van der Waals surface area contributed by atoms with Crippen LogP contribution in [-0.2, 0) is 65.4 Å². The lowest BCUT2D eigenvalue weighted by Crippen LogP contribution is -2.30. The lowest BCUT2D eigenvalue weighted by molar-refractivity contribution is -0.161. The van der Waals surface area contributed by atoms with Gasteiger partial charge in [-0.05, 0) is 31.6 Å². The van der Waals surface area contributed by atoms with Crippen LogP contribution >= 0.6 is 15.6 Å². The molecule has 19 heteroatoms. The first-order valence-electron chi connectivity index (χ1n) is 35.7. The van der Waals surface area contributed by atoms with E-state index in [1.807, 2.05) is 0 Å². The number of aliphatic hydroxyl groups is 1. The minimum absolute atomic E-state index is 0.106. The van der Waals surface area contributed by atoms with E-state index in [9.17, 15) is 43.2 Å². The predicted octanol–water partition coefficient (Wildman–Crippen LogP) is 19.4. The van der Waals surface area contributed by atoms with Crippen molar-refractivity contribution < 1.29 is 80.2 Å². The highest BCUT2D eigenvalue weighted by molar-refractivity contribution is 7.47. The Morgan fingerprint density at radius 1 is 0.322 bits per heavy atom. The Morgan fingerprint density at radius 3 is 0.816 bits per heavy atom. The van der Waals surface area contributed by atoms with Gasteiger partial charge in [0.15, 0.2) is 12.2 Å². The number of rotatable bonds is 68. The van der Waals surface area contributed by atoms with E-state index in [1.165, 1.54) is 154 Å². The summed E-state index contributed by atoms with van der Waals surface area (Å²) in [4.78, 5) is 72.2. The number of aliphatic hydroxyl groups excluding tert-OH is 1. The minimum atomic E-state index is -4.95. The number of hydrogen-bond acceptors (Lipinski definition) is 15. The van der Waals surface area contributed by atoms with Gasteiger partial charge in [0, 0.05) is 25.7 Å². The zero-order chi connectivity index (χ0) is 64.2. The number of unbranched alkanes of at least 4 members (excludes halogenated alkanes) is 39. The maximum Gasteiger partial charge on any atom is 0.472 e. The van der Waals surface area contributed by atoms with Crippen molar-refractivity contribution in [2.24, 2.45) is 5.92 Å². The monoisotopic (exact) mass is 1280 g/mol. The van der Waals surface area contributed by atoms with Gasteiger partial charge in [0.1, 0.15) is 19.3 Å². The zero-order valence-electron chi connectivity index (χ0n) is 56.2. The molecule has 0 spiro atoms. The smallest absolute Gasteiger partial charge is 0.462 e. The average molecular weight is 1280 g/mol. The van der Waals surface area contributed by atoms with E-state index < -0.39 is 97.5 Å². The minimum Gasteiger partial charge on any atom is -0.462 e. The van der Waals surface area contributed by atoms with Crippen LogP contribution in [0.2, 0.25) is 0 Å². The lowest BCUT2D eigenvalue weighted by atomic mass is 10.00. The first kappa shape index (κ1) is 85.1. The van der Waals surface area contributed by atoms with E-state index >= 15 is 0 Å². The normalized spacial score (nSPS) is 14.4. The Bertz CT molecular complexity index is 1690. The summed E-state index contributed by atoms with van der Waals surface area (Å²) in [5.74, 6) is -1.40. The second kappa shape index (κ2) is 61.6. The van der Waals surface area contributed by atoms with Crippen molar-refractivity contribution in [2.45, 2.75) is 368 Å². The molecule has 0 aromatic heterocycles. The van der Waals surface area contributed by atoms with Gasteiger partial charge in [-0.3, -0.25) is 37.3 Å². The van der Waals surface area contributed by atoms with Crippen molar-refractivity contribution in [1.29, 1.82) is 0 Å². The molecule has 6 atom stereocenters. The van der Waals surface area contributed by atoms with Crippen molar-refractivity contribution in [1.82, 2.24) is 0 Å². The molecule has 0 radical (unpaired) electrons. The number of ether oxygens (including phenoxy) is 4. The molecule has 0 saturated heterocycles. The van der Waals surface area contributed by atoms with Crippen LogP contribution in [0, 0.1) is 5.92 Å². The molecule has 3 unspecified atom stereocenters. The zero-order valence-corrected chi connectivity index (χ0v) is 57.9. The molecule has 0 rings (SSSR count). The second-order valence-electron chi connectivity index (χ2n) is 24.8. The summed E-state index contributed by atoms with van der Waals surface area (Å²) in [5, 5.41) is 10.5. The van der Waals surface area contributed by atoms with Crippen LogP contribution in [0.25, 0.3) is 0 Å². The van der Waals surface area contributed by atoms with Gasteiger partial charge in [0.2, 0.25) is 0 Å². The second-order valence-corrected chi connectivity index (χ2v) is 27.7. The van der Waals surface area contributed by atoms with Gasteiger partial charge in [0.05, 0.1) is 26.4 Å². The van der Waals surface area contributed by atoms with Gasteiger partial charge in [-0.2, -0.15) is 0 Å². The molecular weight excluding hydrogens is 1150 g/mol. The Balaban J connectivity index is 5.13. The maximum absolute atomic E-state index is 13.0. The Labute approximate surface area is 530 Å². The van der Waals surface area contributed by atoms with Crippen molar-refractivity contribution >= 4 is 39.5 Å². The van der Waals surface area contributed by atoms with Crippen molar-refractivity contribution in [3.8, 4) is 0 Å². The molecule has 0 bridgehead atoms. The molecule has 0 aromatic carbocycles. The van der Waals surface area contributed by atoms with Gasteiger partial charge in [-0.15, -0.1) is 0 Å². The van der Waals surface area contributed by atoms with Gasteiger partial charge >= 0.3 is 39.5 Å². The fraction of sp³-hybridized carbons (Fsp3) is 0.941. The lowest BCUT2D eigenvalue weighted by Gasteiger charge is -2.21. The third kappa shape index (κ3) is 61.3. The summed E-state index contributed by atoms with van der Waals surface area (Å²) in [6.07, 6.45) is 47.5. The van der Waals surface area contributed by atoms with E-state index in [1.54, 1.807) is 0 Å². The van der Waals surface area contributed by atoms with Gasteiger partial charge in [-0.25, -0.2) is 9.13 Å². The topological polar surface area (TPSA) is 237 Å². The standard InChI is InChI=1S/C68H132O17P2/c1-6-10-13-16-19-21-23-24-25-26-27-28-29-30-31-32-34-37-44-49-54-68(73)85-64(58-79-66(71)52-47-42-39-38-40-45-50-61(5)9-4)60-83-87(76,77)81-56-62(69)55-80-86(74,75)82-59-63(57-78-65(70)51-46-41-35-18-15-12-8-3)84-67(72)53-48-43-36-33-22-20-17-14-11-7-2/h61-64,69H,6-60H2,1-5H3,(H,74,75)(H,76,77)/t61?,62-,63+,64+/m0/s1. The van der Waals surface area contributed by atoms with Crippen LogP contribution in [0.5, 0.6) is 0 Å². The van der Waals surface area contributed by atoms with Crippen molar-refractivity contribution in [2.75, 3.05) is 39.6 Å². The Hall–Kier alpha value is -1.94. The molecule has 0 fully saturated rings. The molecule has 516 valence electrons. The van der Waals surface area contributed by atoms with Crippen LogP contribution in [0.1, 0.15) is 349 Å². The molecule has 17 nitrogen and oxygen atoms in total. The average Bonchev–Trinajstić information content (AvgIpc) is 3.59. The van der Waals surface area contributed by atoms with Crippen molar-refractivity contribution in [3.05, 3.63) is 0 Å². The highest BCUT2D eigenvalue weighted by atomic mass is 31.2. The molecule has 0 aliphatic carbocycles. The largest absolute Gasteiger partial charge is 0.472 e. The summed E-state index contributed by atoms with van der Waals surface area (Å²) in [6.45, 7) is 7.14. The number of carbonyl (C=O) groups is 4. The third-order valence-electron chi connectivity index (χ3n) is 16.1. The molecule has 3 N–H and O–H groups in total. The first-order valence-corrected chi connectivity index (χ1v) is 38.7. The molecule has 0 saturated carbocycles. The van der Waals surface area contributed by atoms with E-state index in [2.05, 4.69) is 34.6 Å². The Kier molecular flexibility index (Phi) is 60.2. The highest BCUT2D eigenvalue weighted by Gasteiger charge is 2.30. The molecular formula is C68H132O17P2. The van der Waals surface area contributed by atoms with Gasteiger partial charge in [-0.1, -0.05) is 298 Å². The van der Waals surface area contributed by atoms with Crippen LogP contribution in [0.4, 0.5) is 0 Å². The summed E-state index contributed by atoms with van der Waals surface area (Å²) >= 11 is 0. The van der Waals surface area contributed by atoms with E-state index in [4.69, 9.17) is 37.0 Å². The van der Waals surface area contributed by atoms with E-state index in [-0.39, 0.29) is 25.7 Å². The number of carbonyl (C=O) groups excluding carboxylic acids is 4. The van der Waals surface area contributed by atoms with E-state index in [0.29, 0.717) is 25.7 Å². The summed E-state index contributed by atoms with van der Waals surface area (Å²) in [5.41, 5.74) is 0. The molecule has 0 aromatic rings. The number of phosphoric acid groups is 2. The maximum atomic E-state index is 13.0. The molecule has 0 aliphatic rings. The highest BCUT2D eigenvalue weighted by Crippen LogP contribution is 2.45. The SMILES string of the molecule is CCCCCCCCCCCCCCCCCCCCCCC(=O)O[C@H](COC(=O)CCCCCCCCC(C)CC)COP(=O)(O)OC[C@@H](O)COP(=O)(O)OC[C@@H](COC(=O)CCCCCCCCC)OC(=O)CCCCCCCCCCCC. The summed E-state index contributed by atoms with van der Waals surface area (Å²) in [6, 6.07) is 0. The van der Waals surface area contributed by atoms with Crippen LogP contribution < -0.4 is 0 Å². The Morgan fingerprint density at radius 2 is 0.552 bits per heavy atom. The summed E-state index contributed by atoms with van der Waals surface area (Å²) < 4.78 is 68.0. The number of esters is 4. The summed E-state index contributed by atoms with van der Waals surface area (Å²) in [7, 11) is -9.89. The third-order valence-corrected chi connectivity index (χ3v) is 18.0. The van der Waals surface area contributed by atoms with Gasteiger partial charge < -0.3 is 33.8 Å². The fourth-order valence-electron chi connectivity index (χ4n) is 10.3. The van der Waals surface area contributed by atoms with Crippen LogP contribution in [0.15, 0.2) is 0 Å². The molecule has 0 amide bonds.